The van der Waals surface area contributed by atoms with Gasteiger partial charge in [-0.25, -0.2) is 0 Å². The maximum atomic E-state index is 12.6. The van der Waals surface area contributed by atoms with E-state index in [4.69, 9.17) is 14.2 Å². The molecule has 0 aromatic heterocycles. The fourth-order valence-electron chi connectivity index (χ4n) is 6.50. The van der Waals surface area contributed by atoms with Crippen LogP contribution in [-0.2, 0) is 28.6 Å². The Morgan fingerprint density at radius 3 is 0.800 bits per heavy atom. The predicted octanol–water partition coefficient (Wildman–Crippen LogP) is 13.7. The Hall–Kier alpha value is -1.59. The fraction of sp³-hybridized carbons (Fsp3) is 0.932. The van der Waals surface area contributed by atoms with E-state index in [1.54, 1.807) is 0 Å². The zero-order valence-corrected chi connectivity index (χ0v) is 33.7. The van der Waals surface area contributed by atoms with Crippen molar-refractivity contribution >= 4 is 17.9 Å². The van der Waals surface area contributed by atoms with E-state index in [9.17, 15) is 14.4 Å². The Bertz CT molecular complexity index is 738. The first kappa shape index (κ1) is 48.4. The Balaban J connectivity index is 4.29. The smallest absolute Gasteiger partial charge is 0.306 e. The molecular weight excluding hydrogens is 624 g/mol. The molecule has 0 saturated carbocycles. The minimum atomic E-state index is -0.756. The van der Waals surface area contributed by atoms with E-state index in [0.717, 1.165) is 57.8 Å². The normalized spacial score (nSPS) is 11.8. The molecule has 0 aliphatic carbocycles. The predicted molar refractivity (Wildman–Crippen MR) is 210 cm³/mol. The van der Waals surface area contributed by atoms with E-state index in [1.165, 1.54) is 148 Å². The summed E-state index contributed by atoms with van der Waals surface area (Å²) < 4.78 is 16.7. The van der Waals surface area contributed by atoms with Crippen LogP contribution in [0.2, 0.25) is 0 Å². The third-order valence-electron chi connectivity index (χ3n) is 9.86. The lowest BCUT2D eigenvalue weighted by molar-refractivity contribution is -0.167. The summed E-state index contributed by atoms with van der Waals surface area (Å²) in [5, 5.41) is 0. The van der Waals surface area contributed by atoms with Crippen LogP contribution in [0, 0.1) is 0 Å². The van der Waals surface area contributed by atoms with Crippen LogP contribution in [-0.4, -0.2) is 37.2 Å². The lowest BCUT2D eigenvalue weighted by Crippen LogP contribution is -2.30. The first-order chi connectivity index (χ1) is 24.5. The van der Waals surface area contributed by atoms with Gasteiger partial charge in [-0.05, 0) is 19.3 Å². The second-order valence-electron chi connectivity index (χ2n) is 15.0. The summed E-state index contributed by atoms with van der Waals surface area (Å²) in [7, 11) is 0. The number of hydrogen-bond donors (Lipinski definition) is 0. The number of rotatable bonds is 40. The highest BCUT2D eigenvalue weighted by atomic mass is 16.6. The van der Waals surface area contributed by atoms with Gasteiger partial charge in [0.1, 0.15) is 13.2 Å². The van der Waals surface area contributed by atoms with Crippen LogP contribution in [0.1, 0.15) is 245 Å². The number of ether oxygens (including phenoxy) is 3. The van der Waals surface area contributed by atoms with Gasteiger partial charge in [-0.3, -0.25) is 14.4 Å². The van der Waals surface area contributed by atoms with Crippen molar-refractivity contribution in [3.8, 4) is 0 Å². The summed E-state index contributed by atoms with van der Waals surface area (Å²) in [6.45, 7) is 6.61. The van der Waals surface area contributed by atoms with Crippen LogP contribution in [0.3, 0.4) is 0 Å². The second-order valence-corrected chi connectivity index (χ2v) is 15.0. The molecule has 0 saturated heterocycles. The van der Waals surface area contributed by atoms with Crippen LogP contribution < -0.4 is 0 Å². The van der Waals surface area contributed by atoms with Crippen LogP contribution in [0.5, 0.6) is 0 Å². The number of carbonyl (C=O) groups is 3. The monoisotopic (exact) mass is 709 g/mol. The lowest BCUT2D eigenvalue weighted by atomic mass is 10.0. The molecular formula is C44H84O6. The average Bonchev–Trinajstić information content (AvgIpc) is 3.11. The Morgan fingerprint density at radius 1 is 0.320 bits per heavy atom. The molecule has 0 fully saturated rings. The minimum Gasteiger partial charge on any atom is -0.462 e. The van der Waals surface area contributed by atoms with Crippen LogP contribution >= 0.6 is 0 Å². The highest BCUT2D eigenvalue weighted by Crippen LogP contribution is 2.15. The molecule has 6 nitrogen and oxygen atoms in total. The topological polar surface area (TPSA) is 78.9 Å². The molecule has 0 aliphatic rings. The summed E-state index contributed by atoms with van der Waals surface area (Å²) in [6, 6.07) is 0. The van der Waals surface area contributed by atoms with Gasteiger partial charge < -0.3 is 14.2 Å². The van der Waals surface area contributed by atoms with Gasteiger partial charge in [0.25, 0.3) is 0 Å². The molecule has 6 heteroatoms. The second kappa shape index (κ2) is 40.2. The molecule has 0 aromatic rings. The number of carbonyl (C=O) groups excluding carboxylic acids is 3. The molecule has 0 heterocycles. The van der Waals surface area contributed by atoms with Crippen LogP contribution in [0.25, 0.3) is 0 Å². The van der Waals surface area contributed by atoms with Crippen molar-refractivity contribution in [1.29, 1.82) is 0 Å². The Labute approximate surface area is 310 Å². The number of esters is 3. The van der Waals surface area contributed by atoms with E-state index in [0.29, 0.717) is 19.3 Å². The van der Waals surface area contributed by atoms with E-state index in [1.807, 2.05) is 0 Å². The fourth-order valence-corrected chi connectivity index (χ4v) is 6.50. The summed E-state index contributed by atoms with van der Waals surface area (Å²) in [5.41, 5.74) is 0. The molecule has 0 unspecified atom stereocenters. The van der Waals surface area contributed by atoms with E-state index < -0.39 is 6.10 Å². The van der Waals surface area contributed by atoms with Gasteiger partial charge in [-0.15, -0.1) is 0 Å². The summed E-state index contributed by atoms with van der Waals surface area (Å²) >= 11 is 0. The summed E-state index contributed by atoms with van der Waals surface area (Å²) in [4.78, 5) is 37.5. The quantitative estimate of drug-likeness (QED) is 0.0358. The zero-order valence-electron chi connectivity index (χ0n) is 33.7. The third-order valence-corrected chi connectivity index (χ3v) is 9.86. The van der Waals surface area contributed by atoms with Crippen molar-refractivity contribution in [2.45, 2.75) is 252 Å². The average molecular weight is 709 g/mol. The Morgan fingerprint density at radius 2 is 0.540 bits per heavy atom. The molecule has 0 spiro atoms. The highest BCUT2D eigenvalue weighted by Gasteiger charge is 2.19. The molecule has 50 heavy (non-hydrogen) atoms. The Kier molecular flexibility index (Phi) is 38.9. The SMILES string of the molecule is CCCCCCCCCCCCCCCC(=O)OC[C@H](COC(=O)CCCCCCCCCCCC)OC(=O)CCCCCCCCCCC. The number of unbranched alkanes of at least 4 members (excludes halogenated alkanes) is 29. The van der Waals surface area contributed by atoms with E-state index in [2.05, 4.69) is 20.8 Å². The van der Waals surface area contributed by atoms with E-state index >= 15 is 0 Å². The maximum absolute atomic E-state index is 12.6. The molecule has 0 radical (unpaired) electrons. The zero-order chi connectivity index (χ0) is 36.6. The lowest BCUT2D eigenvalue weighted by Gasteiger charge is -2.18. The molecule has 296 valence electrons. The van der Waals surface area contributed by atoms with Crippen LogP contribution in [0.15, 0.2) is 0 Å². The molecule has 0 aliphatic heterocycles. The third kappa shape index (κ3) is 37.7. The van der Waals surface area contributed by atoms with Gasteiger partial charge in [0.2, 0.25) is 0 Å². The van der Waals surface area contributed by atoms with Gasteiger partial charge in [-0.2, -0.15) is 0 Å². The van der Waals surface area contributed by atoms with Gasteiger partial charge in [-0.1, -0.05) is 207 Å². The van der Waals surface area contributed by atoms with Crippen LogP contribution in [0.4, 0.5) is 0 Å². The summed E-state index contributed by atoms with van der Waals surface area (Å²) in [6.07, 6.45) is 39.4. The van der Waals surface area contributed by atoms with Gasteiger partial charge in [0.15, 0.2) is 6.10 Å². The maximum Gasteiger partial charge on any atom is 0.306 e. The van der Waals surface area contributed by atoms with Crippen molar-refractivity contribution in [3.05, 3.63) is 0 Å². The molecule has 0 aromatic carbocycles. The molecule has 0 rings (SSSR count). The first-order valence-electron chi connectivity index (χ1n) is 22.0. The first-order valence-corrected chi connectivity index (χ1v) is 22.0. The highest BCUT2D eigenvalue weighted by molar-refractivity contribution is 5.71. The molecule has 0 N–H and O–H groups in total. The van der Waals surface area contributed by atoms with Crippen molar-refractivity contribution in [2.75, 3.05) is 13.2 Å². The van der Waals surface area contributed by atoms with E-state index in [-0.39, 0.29) is 31.1 Å². The molecule has 1 atom stereocenters. The van der Waals surface area contributed by atoms with Crippen molar-refractivity contribution < 1.29 is 28.6 Å². The largest absolute Gasteiger partial charge is 0.462 e. The minimum absolute atomic E-state index is 0.0632. The van der Waals surface area contributed by atoms with Gasteiger partial charge in [0.05, 0.1) is 0 Å². The summed E-state index contributed by atoms with van der Waals surface area (Å²) in [5.74, 6) is -0.858. The molecule has 0 amide bonds. The van der Waals surface area contributed by atoms with Crippen molar-refractivity contribution in [2.24, 2.45) is 0 Å². The van der Waals surface area contributed by atoms with Gasteiger partial charge >= 0.3 is 17.9 Å². The standard InChI is InChI=1S/C44H84O6/c1-4-7-10-13-16-19-21-22-23-26-28-31-34-37-43(46)49-40-41(50-44(47)38-35-32-29-24-18-15-12-9-6-3)39-48-42(45)36-33-30-27-25-20-17-14-11-8-5-2/h41H,4-40H2,1-3H3/t41-/m0/s1. The van der Waals surface area contributed by atoms with Crippen molar-refractivity contribution in [1.82, 2.24) is 0 Å². The number of hydrogen-bond acceptors (Lipinski definition) is 6. The van der Waals surface area contributed by atoms with Gasteiger partial charge in [0, 0.05) is 19.3 Å². The molecule has 0 bridgehead atoms. The van der Waals surface area contributed by atoms with Crippen molar-refractivity contribution in [3.63, 3.8) is 0 Å².